The molecule has 1 unspecified atom stereocenters. The maximum atomic E-state index is 11.9. The van der Waals surface area contributed by atoms with Gasteiger partial charge in [0.05, 0.1) is 10.9 Å². The van der Waals surface area contributed by atoms with Gasteiger partial charge >= 0.3 is 0 Å². The highest BCUT2D eigenvalue weighted by atomic mass is 32.2. The van der Waals surface area contributed by atoms with E-state index in [-0.39, 0.29) is 17.2 Å². The highest BCUT2D eigenvalue weighted by Crippen LogP contribution is 2.18. The first-order valence-electron chi connectivity index (χ1n) is 6.17. The maximum absolute atomic E-state index is 11.9. The molecule has 0 bridgehead atoms. The van der Waals surface area contributed by atoms with E-state index in [0.717, 1.165) is 5.69 Å². The van der Waals surface area contributed by atoms with Gasteiger partial charge in [-0.3, -0.25) is 0 Å². The molecule has 0 fully saturated rings. The van der Waals surface area contributed by atoms with Gasteiger partial charge in [0.1, 0.15) is 0 Å². The summed E-state index contributed by atoms with van der Waals surface area (Å²) in [5.74, 6) is 0. The Kier molecular flexibility index (Phi) is 5.94. The summed E-state index contributed by atoms with van der Waals surface area (Å²) in [4.78, 5) is 0.260. The number of nitrogens with zero attached hydrogens (tertiary/aromatic N) is 1. The van der Waals surface area contributed by atoms with Crippen LogP contribution in [0.3, 0.4) is 0 Å². The molecule has 114 valence electrons. The van der Waals surface area contributed by atoms with Crippen LogP contribution in [0.25, 0.3) is 0 Å². The zero-order valence-corrected chi connectivity index (χ0v) is 13.3. The van der Waals surface area contributed by atoms with Crippen molar-refractivity contribution in [3.05, 3.63) is 24.3 Å². The van der Waals surface area contributed by atoms with E-state index in [1.54, 1.807) is 38.5 Å². The molecule has 0 heterocycles. The fourth-order valence-electron chi connectivity index (χ4n) is 1.77. The lowest BCUT2D eigenvalue weighted by atomic mass is 10.2. The Morgan fingerprint density at radius 2 is 1.60 bits per heavy atom. The molecule has 0 amide bonds. The SMILES string of the molecule is COC(OC)C(C)Nc1ccc(S(=O)(=O)N(C)C)cc1. The van der Waals surface area contributed by atoms with E-state index >= 15 is 0 Å². The van der Waals surface area contributed by atoms with Crippen LogP contribution in [-0.2, 0) is 19.5 Å². The summed E-state index contributed by atoms with van der Waals surface area (Å²) >= 11 is 0. The quantitative estimate of drug-likeness (QED) is 0.770. The van der Waals surface area contributed by atoms with Crippen molar-refractivity contribution < 1.29 is 17.9 Å². The molecule has 1 aromatic rings. The number of nitrogens with one attached hydrogen (secondary N) is 1. The third-order valence-corrected chi connectivity index (χ3v) is 4.73. The third-order valence-electron chi connectivity index (χ3n) is 2.90. The third kappa shape index (κ3) is 3.92. The Balaban J connectivity index is 2.83. The molecule has 0 spiro atoms. The zero-order chi connectivity index (χ0) is 15.3. The van der Waals surface area contributed by atoms with E-state index in [1.165, 1.54) is 18.4 Å². The number of hydrogen-bond acceptors (Lipinski definition) is 5. The van der Waals surface area contributed by atoms with Crippen LogP contribution < -0.4 is 5.32 Å². The van der Waals surface area contributed by atoms with Gasteiger partial charge < -0.3 is 14.8 Å². The summed E-state index contributed by atoms with van der Waals surface area (Å²) in [6, 6.07) is 6.50. The van der Waals surface area contributed by atoms with Gasteiger partial charge in [0.25, 0.3) is 0 Å². The number of anilines is 1. The molecule has 0 aliphatic rings. The van der Waals surface area contributed by atoms with Crippen LogP contribution in [0.15, 0.2) is 29.2 Å². The second-order valence-electron chi connectivity index (χ2n) is 4.58. The fraction of sp³-hybridized carbons (Fsp3) is 0.538. The van der Waals surface area contributed by atoms with Crippen molar-refractivity contribution in [3.63, 3.8) is 0 Å². The van der Waals surface area contributed by atoms with Gasteiger partial charge in [-0.15, -0.1) is 0 Å². The van der Waals surface area contributed by atoms with Crippen molar-refractivity contribution in [2.75, 3.05) is 33.6 Å². The lowest BCUT2D eigenvalue weighted by Gasteiger charge is -2.23. The summed E-state index contributed by atoms with van der Waals surface area (Å²) in [6.07, 6.45) is -0.375. The topological polar surface area (TPSA) is 67.9 Å². The fourth-order valence-corrected chi connectivity index (χ4v) is 2.67. The summed E-state index contributed by atoms with van der Waals surface area (Å²) in [7, 11) is 2.76. The molecule has 0 radical (unpaired) electrons. The Morgan fingerprint density at radius 3 is 2.00 bits per heavy atom. The van der Waals surface area contributed by atoms with Crippen LogP contribution in [0.1, 0.15) is 6.92 Å². The smallest absolute Gasteiger partial charge is 0.242 e. The Hall–Kier alpha value is -1.15. The molecule has 7 heteroatoms. The number of benzene rings is 1. The number of methoxy groups -OCH3 is 2. The van der Waals surface area contributed by atoms with Crippen molar-refractivity contribution in [3.8, 4) is 0 Å². The second-order valence-corrected chi connectivity index (χ2v) is 6.74. The van der Waals surface area contributed by atoms with Crippen molar-refractivity contribution >= 4 is 15.7 Å². The average Bonchev–Trinajstić information content (AvgIpc) is 2.40. The molecular weight excluding hydrogens is 280 g/mol. The largest absolute Gasteiger partial charge is 0.377 e. The van der Waals surface area contributed by atoms with Gasteiger partial charge in [0.15, 0.2) is 6.29 Å². The Bertz CT molecular complexity index is 510. The highest BCUT2D eigenvalue weighted by molar-refractivity contribution is 7.89. The van der Waals surface area contributed by atoms with E-state index in [0.29, 0.717) is 0 Å². The molecule has 0 aromatic heterocycles. The van der Waals surface area contributed by atoms with Crippen LogP contribution in [0.5, 0.6) is 0 Å². The lowest BCUT2D eigenvalue weighted by Crippen LogP contribution is -2.33. The minimum Gasteiger partial charge on any atom is -0.377 e. The van der Waals surface area contributed by atoms with Crippen LogP contribution in [0, 0.1) is 0 Å². The molecular formula is C13H22N2O4S. The van der Waals surface area contributed by atoms with Gasteiger partial charge in [0.2, 0.25) is 10.0 Å². The van der Waals surface area contributed by atoms with E-state index < -0.39 is 10.0 Å². The van der Waals surface area contributed by atoms with Crippen LogP contribution in [0.4, 0.5) is 5.69 Å². The first-order valence-corrected chi connectivity index (χ1v) is 7.61. The Morgan fingerprint density at radius 1 is 1.10 bits per heavy atom. The van der Waals surface area contributed by atoms with Gasteiger partial charge in [-0.25, -0.2) is 12.7 Å². The average molecular weight is 302 g/mol. The van der Waals surface area contributed by atoms with Crippen molar-refractivity contribution in [2.45, 2.75) is 24.2 Å². The molecule has 1 N–H and O–H groups in total. The predicted molar refractivity (Wildman–Crippen MR) is 78.2 cm³/mol. The summed E-state index contributed by atoms with van der Waals surface area (Å²) < 4.78 is 35.4. The van der Waals surface area contributed by atoms with E-state index in [9.17, 15) is 8.42 Å². The standard InChI is InChI=1S/C13H22N2O4S/c1-10(13(18-4)19-5)14-11-6-8-12(9-7-11)20(16,17)15(2)3/h6-10,13-14H,1-5H3. The maximum Gasteiger partial charge on any atom is 0.242 e. The van der Waals surface area contributed by atoms with Gasteiger partial charge in [-0.05, 0) is 31.2 Å². The monoisotopic (exact) mass is 302 g/mol. The molecule has 1 rings (SSSR count). The van der Waals surface area contributed by atoms with Gasteiger partial charge in [0, 0.05) is 34.0 Å². The highest BCUT2D eigenvalue weighted by Gasteiger charge is 2.18. The molecule has 20 heavy (non-hydrogen) atoms. The zero-order valence-electron chi connectivity index (χ0n) is 12.5. The lowest BCUT2D eigenvalue weighted by molar-refractivity contribution is -0.109. The van der Waals surface area contributed by atoms with Crippen molar-refractivity contribution in [2.24, 2.45) is 0 Å². The molecule has 0 saturated carbocycles. The molecule has 0 aliphatic heterocycles. The molecule has 1 aromatic carbocycles. The van der Waals surface area contributed by atoms with E-state index in [2.05, 4.69) is 5.32 Å². The van der Waals surface area contributed by atoms with E-state index in [4.69, 9.17) is 9.47 Å². The second kappa shape index (κ2) is 7.03. The minimum atomic E-state index is -3.39. The Labute approximate surface area is 120 Å². The molecule has 1 atom stereocenters. The number of sulfonamides is 1. The van der Waals surface area contributed by atoms with Crippen molar-refractivity contribution in [1.82, 2.24) is 4.31 Å². The predicted octanol–water partition coefficient (Wildman–Crippen LogP) is 1.36. The molecule has 6 nitrogen and oxygen atoms in total. The number of rotatable bonds is 7. The summed E-state index contributed by atoms with van der Waals surface area (Å²) in [5.41, 5.74) is 0.800. The normalized spacial score (nSPS) is 13.8. The van der Waals surface area contributed by atoms with Crippen LogP contribution in [0.2, 0.25) is 0 Å². The van der Waals surface area contributed by atoms with Crippen molar-refractivity contribution in [1.29, 1.82) is 0 Å². The minimum absolute atomic E-state index is 0.0682. The summed E-state index contributed by atoms with van der Waals surface area (Å²) in [6.45, 7) is 1.92. The van der Waals surface area contributed by atoms with Gasteiger partial charge in [-0.2, -0.15) is 0 Å². The number of hydrogen-bond donors (Lipinski definition) is 1. The first-order chi connectivity index (χ1) is 9.32. The van der Waals surface area contributed by atoms with Gasteiger partial charge in [-0.1, -0.05) is 0 Å². The summed E-state index contributed by atoms with van der Waals surface area (Å²) in [5, 5.41) is 3.19. The van der Waals surface area contributed by atoms with E-state index in [1.807, 2.05) is 6.92 Å². The molecule has 0 saturated heterocycles. The van der Waals surface area contributed by atoms with Crippen LogP contribution >= 0.6 is 0 Å². The van der Waals surface area contributed by atoms with Crippen LogP contribution in [-0.4, -0.2) is 53.4 Å². The first kappa shape index (κ1) is 16.9. The number of ether oxygens (including phenoxy) is 2. The molecule has 0 aliphatic carbocycles.